The topological polar surface area (TPSA) is 0 Å². The van der Waals surface area contributed by atoms with Crippen LogP contribution in [0.4, 0.5) is 0 Å². The lowest BCUT2D eigenvalue weighted by molar-refractivity contribution is 0.414. The molecule has 0 amide bonds. The standard InChI is InChI=1S/C5H10S2/c1-5(7)3-2-4(5)6/h4,6-7H,2-3H2,1H3. The molecule has 0 heterocycles. The molecular formula is C5H10S2. The summed E-state index contributed by atoms with van der Waals surface area (Å²) < 4.78 is 0.239. The smallest absolute Gasteiger partial charge is 0.0218 e. The maximum absolute atomic E-state index is 4.36. The van der Waals surface area contributed by atoms with Crippen molar-refractivity contribution in [3.63, 3.8) is 0 Å². The normalized spacial score (nSPS) is 51.0. The summed E-state index contributed by atoms with van der Waals surface area (Å²) in [6.45, 7) is 2.14. The molecule has 7 heavy (non-hydrogen) atoms. The second kappa shape index (κ2) is 1.59. The molecule has 0 bridgehead atoms. The molecule has 2 atom stereocenters. The van der Waals surface area contributed by atoms with Crippen LogP contribution < -0.4 is 0 Å². The monoisotopic (exact) mass is 134 g/mol. The summed E-state index contributed by atoms with van der Waals surface area (Å²) in [6, 6.07) is 0. The van der Waals surface area contributed by atoms with Crippen molar-refractivity contribution in [3.05, 3.63) is 0 Å². The SMILES string of the molecule is CC1(S)CCC1S. The number of thiol groups is 2. The van der Waals surface area contributed by atoms with Crippen LogP contribution in [0.1, 0.15) is 19.8 Å². The van der Waals surface area contributed by atoms with E-state index in [4.69, 9.17) is 0 Å². The number of rotatable bonds is 0. The molecule has 0 spiro atoms. The molecule has 1 fully saturated rings. The lowest BCUT2D eigenvalue weighted by Crippen LogP contribution is -2.39. The van der Waals surface area contributed by atoms with E-state index in [2.05, 4.69) is 32.2 Å². The molecule has 0 aromatic heterocycles. The molecule has 2 heteroatoms. The summed E-state index contributed by atoms with van der Waals surface area (Å²) in [5.74, 6) is 0. The molecule has 0 aliphatic heterocycles. The van der Waals surface area contributed by atoms with Crippen molar-refractivity contribution in [1.29, 1.82) is 0 Å². The highest BCUT2D eigenvalue weighted by atomic mass is 32.1. The van der Waals surface area contributed by atoms with Gasteiger partial charge < -0.3 is 0 Å². The Morgan fingerprint density at radius 2 is 2.14 bits per heavy atom. The van der Waals surface area contributed by atoms with Gasteiger partial charge in [-0.05, 0) is 19.8 Å². The van der Waals surface area contributed by atoms with Crippen LogP contribution in [-0.4, -0.2) is 10.00 Å². The lowest BCUT2D eigenvalue weighted by atomic mass is 9.85. The molecule has 0 saturated heterocycles. The maximum atomic E-state index is 4.36. The Morgan fingerprint density at radius 3 is 2.14 bits per heavy atom. The first-order valence-electron chi connectivity index (χ1n) is 2.53. The van der Waals surface area contributed by atoms with Gasteiger partial charge in [0.2, 0.25) is 0 Å². The number of hydrogen-bond acceptors (Lipinski definition) is 2. The van der Waals surface area contributed by atoms with Crippen LogP contribution in [0.2, 0.25) is 0 Å². The van der Waals surface area contributed by atoms with Gasteiger partial charge in [0.05, 0.1) is 0 Å². The summed E-state index contributed by atoms with van der Waals surface area (Å²) in [7, 11) is 0. The van der Waals surface area contributed by atoms with E-state index in [9.17, 15) is 0 Å². The Bertz CT molecular complexity index is 78.1. The summed E-state index contributed by atoms with van der Waals surface area (Å²) >= 11 is 8.65. The van der Waals surface area contributed by atoms with Crippen LogP contribution in [0, 0.1) is 0 Å². The lowest BCUT2D eigenvalue weighted by Gasteiger charge is -2.40. The van der Waals surface area contributed by atoms with Gasteiger partial charge in [0.1, 0.15) is 0 Å². The second-order valence-electron chi connectivity index (χ2n) is 2.41. The van der Waals surface area contributed by atoms with Crippen LogP contribution in [0.3, 0.4) is 0 Å². The van der Waals surface area contributed by atoms with Crippen molar-refractivity contribution in [2.24, 2.45) is 0 Å². The van der Waals surface area contributed by atoms with Crippen molar-refractivity contribution >= 4 is 25.3 Å². The average Bonchev–Trinajstić information content (AvgIpc) is 1.63. The van der Waals surface area contributed by atoms with Gasteiger partial charge in [-0.25, -0.2) is 0 Å². The van der Waals surface area contributed by atoms with Crippen LogP contribution in [0.15, 0.2) is 0 Å². The third kappa shape index (κ3) is 0.918. The molecule has 0 radical (unpaired) electrons. The van der Waals surface area contributed by atoms with Crippen molar-refractivity contribution in [2.75, 3.05) is 0 Å². The van der Waals surface area contributed by atoms with Gasteiger partial charge in [-0.3, -0.25) is 0 Å². The number of hydrogen-bond donors (Lipinski definition) is 2. The van der Waals surface area contributed by atoms with Crippen molar-refractivity contribution in [2.45, 2.75) is 29.8 Å². The fourth-order valence-electron chi connectivity index (χ4n) is 0.691. The Hall–Kier alpha value is 0.700. The highest BCUT2D eigenvalue weighted by Crippen LogP contribution is 2.40. The Labute approximate surface area is 55.5 Å². The Balaban J connectivity index is 2.43. The van der Waals surface area contributed by atoms with E-state index < -0.39 is 0 Å². The third-order valence-corrected chi connectivity index (χ3v) is 3.21. The van der Waals surface area contributed by atoms with Crippen LogP contribution in [-0.2, 0) is 0 Å². The predicted octanol–water partition coefficient (Wildman–Crippen LogP) is 1.77. The van der Waals surface area contributed by atoms with E-state index >= 15 is 0 Å². The van der Waals surface area contributed by atoms with Crippen molar-refractivity contribution in [3.8, 4) is 0 Å². The van der Waals surface area contributed by atoms with Gasteiger partial charge in [-0.1, -0.05) is 0 Å². The Morgan fingerprint density at radius 1 is 1.71 bits per heavy atom. The minimum Gasteiger partial charge on any atom is -0.174 e. The highest BCUT2D eigenvalue weighted by Gasteiger charge is 2.36. The quantitative estimate of drug-likeness (QED) is 0.463. The van der Waals surface area contributed by atoms with E-state index in [1.807, 2.05) is 0 Å². The molecule has 0 aromatic carbocycles. The molecule has 1 saturated carbocycles. The predicted molar refractivity (Wildman–Crippen MR) is 39.4 cm³/mol. The highest BCUT2D eigenvalue weighted by molar-refractivity contribution is 7.86. The summed E-state index contributed by atoms with van der Waals surface area (Å²) in [5, 5.41) is 0.538. The van der Waals surface area contributed by atoms with E-state index in [1.165, 1.54) is 12.8 Å². The summed E-state index contributed by atoms with van der Waals surface area (Å²) in [4.78, 5) is 0. The van der Waals surface area contributed by atoms with Gasteiger partial charge >= 0.3 is 0 Å². The summed E-state index contributed by atoms with van der Waals surface area (Å²) in [5.41, 5.74) is 0. The van der Waals surface area contributed by atoms with Gasteiger partial charge in [-0.2, -0.15) is 25.3 Å². The first-order valence-corrected chi connectivity index (χ1v) is 3.50. The van der Waals surface area contributed by atoms with Gasteiger partial charge in [0.25, 0.3) is 0 Å². The molecular weight excluding hydrogens is 124 g/mol. The zero-order valence-electron chi connectivity index (χ0n) is 4.39. The molecule has 2 unspecified atom stereocenters. The molecule has 1 aliphatic carbocycles. The largest absolute Gasteiger partial charge is 0.174 e. The molecule has 0 N–H and O–H groups in total. The Kier molecular flexibility index (Phi) is 1.32. The molecule has 42 valence electrons. The third-order valence-electron chi connectivity index (χ3n) is 1.64. The summed E-state index contributed by atoms with van der Waals surface area (Å²) in [6.07, 6.45) is 2.47. The van der Waals surface area contributed by atoms with Gasteiger partial charge in [0.15, 0.2) is 0 Å². The minimum absolute atomic E-state index is 0.239. The molecule has 1 aliphatic rings. The molecule has 1 rings (SSSR count). The molecule has 0 nitrogen and oxygen atoms in total. The van der Waals surface area contributed by atoms with E-state index in [1.54, 1.807) is 0 Å². The van der Waals surface area contributed by atoms with E-state index in [-0.39, 0.29) is 4.75 Å². The van der Waals surface area contributed by atoms with Crippen LogP contribution in [0.5, 0.6) is 0 Å². The van der Waals surface area contributed by atoms with E-state index in [0.717, 1.165) is 0 Å². The second-order valence-corrected chi connectivity index (χ2v) is 4.06. The first kappa shape index (κ1) is 5.83. The van der Waals surface area contributed by atoms with E-state index in [0.29, 0.717) is 5.25 Å². The first-order chi connectivity index (χ1) is 3.13. The van der Waals surface area contributed by atoms with Crippen LogP contribution in [0.25, 0.3) is 0 Å². The van der Waals surface area contributed by atoms with Gasteiger partial charge in [0, 0.05) is 10.00 Å². The average molecular weight is 134 g/mol. The fourth-order valence-corrected chi connectivity index (χ4v) is 1.21. The van der Waals surface area contributed by atoms with Crippen molar-refractivity contribution < 1.29 is 0 Å². The van der Waals surface area contributed by atoms with Crippen molar-refractivity contribution in [1.82, 2.24) is 0 Å². The van der Waals surface area contributed by atoms with Crippen LogP contribution >= 0.6 is 25.3 Å². The maximum Gasteiger partial charge on any atom is 0.0218 e. The zero-order valence-corrected chi connectivity index (χ0v) is 6.17. The fraction of sp³-hybridized carbons (Fsp3) is 1.00. The molecule has 0 aromatic rings. The van der Waals surface area contributed by atoms with Gasteiger partial charge in [-0.15, -0.1) is 0 Å². The zero-order chi connectivity index (χ0) is 5.49. The minimum atomic E-state index is 0.239.